The molecule has 2 aromatic carbocycles. The fraction of sp³-hybridized carbons (Fsp3) is 0.435. The van der Waals surface area contributed by atoms with Crippen LogP contribution in [0.5, 0.6) is 0 Å². The van der Waals surface area contributed by atoms with Crippen LogP contribution >= 0.6 is 11.9 Å². The second-order valence-corrected chi connectivity index (χ2v) is 9.70. The van der Waals surface area contributed by atoms with E-state index in [1.807, 2.05) is 35.2 Å². The Morgan fingerprint density at radius 2 is 1.77 bits per heavy atom. The van der Waals surface area contributed by atoms with Gasteiger partial charge in [-0.1, -0.05) is 44.0 Å². The minimum atomic E-state index is 0.647. The Balaban J connectivity index is 1.27. The van der Waals surface area contributed by atoms with E-state index in [9.17, 15) is 0 Å². The Bertz CT molecular complexity index is 815. The highest BCUT2D eigenvalue weighted by Crippen LogP contribution is 2.26. The molecule has 0 amide bonds. The van der Waals surface area contributed by atoms with Gasteiger partial charge < -0.3 is 5.32 Å². The molecule has 0 radical (unpaired) electrons. The summed E-state index contributed by atoms with van der Waals surface area (Å²) in [5.74, 6) is 1.62. The molecule has 2 aliphatic rings. The van der Waals surface area contributed by atoms with Crippen LogP contribution in [0.2, 0.25) is 0 Å². The molecule has 0 aromatic heterocycles. The molecule has 1 aliphatic heterocycles. The molecule has 7 heteroatoms. The lowest BCUT2D eigenvalue weighted by atomic mass is 9.86. The monoisotopic (exact) mass is 424 g/mol. The molecule has 0 unspecified atom stereocenters. The fourth-order valence-corrected chi connectivity index (χ4v) is 4.60. The molecule has 1 saturated carbocycles. The maximum absolute atomic E-state index is 4.40. The predicted octanol–water partition coefficient (Wildman–Crippen LogP) is 4.49. The summed E-state index contributed by atoms with van der Waals surface area (Å²) >= 11 is 1.87. The summed E-state index contributed by atoms with van der Waals surface area (Å²) in [6.07, 6.45) is 5.14. The number of amidine groups is 1. The maximum Gasteiger partial charge on any atom is 0.177 e. The summed E-state index contributed by atoms with van der Waals surface area (Å²) < 4.78 is 3.63. The zero-order chi connectivity index (χ0) is 20.8. The van der Waals surface area contributed by atoms with E-state index in [1.165, 1.54) is 31.4 Å². The highest BCUT2D eigenvalue weighted by molar-refractivity contribution is 7.98. The number of nitrogens with one attached hydrogen (secondary N) is 4. The van der Waals surface area contributed by atoms with Crippen molar-refractivity contribution in [3.63, 3.8) is 0 Å². The summed E-state index contributed by atoms with van der Waals surface area (Å²) in [6, 6.07) is 19.4. The van der Waals surface area contributed by atoms with Crippen molar-refractivity contribution >= 4 is 29.2 Å². The molecule has 4 N–H and O–H groups in total. The highest BCUT2D eigenvalue weighted by atomic mass is 32.2. The Labute approximate surface area is 184 Å². The summed E-state index contributed by atoms with van der Waals surface area (Å²) in [5, 5.41) is 10.6. The number of para-hydroxylation sites is 1. The Kier molecular flexibility index (Phi) is 7.15. The van der Waals surface area contributed by atoms with E-state index < -0.39 is 0 Å². The topological polar surface area (TPSA) is 63.7 Å². The number of benzene rings is 2. The number of hydrazine groups is 2. The van der Waals surface area contributed by atoms with Gasteiger partial charge in [0, 0.05) is 29.1 Å². The Hall–Kier alpha value is -2.22. The van der Waals surface area contributed by atoms with Crippen LogP contribution in [0, 0.1) is 5.92 Å². The van der Waals surface area contributed by atoms with E-state index in [0.29, 0.717) is 11.3 Å². The van der Waals surface area contributed by atoms with Gasteiger partial charge in [-0.15, -0.1) is 10.6 Å². The van der Waals surface area contributed by atoms with E-state index in [4.69, 9.17) is 0 Å². The fourth-order valence-electron chi connectivity index (χ4n) is 3.90. The minimum Gasteiger partial charge on any atom is -0.385 e. The first kappa shape index (κ1) is 21.0. The largest absolute Gasteiger partial charge is 0.385 e. The van der Waals surface area contributed by atoms with Gasteiger partial charge in [-0.25, -0.2) is 10.5 Å². The van der Waals surface area contributed by atoms with E-state index in [-0.39, 0.29) is 0 Å². The second kappa shape index (κ2) is 10.2. The molecule has 1 fully saturated rings. The normalized spacial score (nSPS) is 21.4. The van der Waals surface area contributed by atoms with Crippen LogP contribution < -0.4 is 26.1 Å². The summed E-state index contributed by atoms with van der Waals surface area (Å²) in [4.78, 5) is 0. The van der Waals surface area contributed by atoms with Crippen molar-refractivity contribution in [1.29, 1.82) is 0 Å². The molecule has 0 saturated heterocycles. The van der Waals surface area contributed by atoms with E-state index in [2.05, 4.69) is 76.5 Å². The molecule has 0 bridgehead atoms. The van der Waals surface area contributed by atoms with Gasteiger partial charge in [0.1, 0.15) is 0 Å². The van der Waals surface area contributed by atoms with Crippen molar-refractivity contribution in [2.24, 2.45) is 11.0 Å². The van der Waals surface area contributed by atoms with Gasteiger partial charge >= 0.3 is 0 Å². The quantitative estimate of drug-likeness (QED) is 0.468. The number of rotatable bonds is 8. The van der Waals surface area contributed by atoms with E-state index in [1.54, 1.807) is 0 Å². The van der Waals surface area contributed by atoms with Gasteiger partial charge in [-0.05, 0) is 68.0 Å². The van der Waals surface area contributed by atoms with Gasteiger partial charge in [-0.2, -0.15) is 0 Å². The van der Waals surface area contributed by atoms with Crippen LogP contribution in [-0.4, -0.2) is 23.7 Å². The van der Waals surface area contributed by atoms with Crippen LogP contribution in [0.1, 0.15) is 45.1 Å². The van der Waals surface area contributed by atoms with Gasteiger partial charge in [0.2, 0.25) is 0 Å². The Morgan fingerprint density at radius 3 is 2.47 bits per heavy atom. The lowest BCUT2D eigenvalue weighted by molar-refractivity contribution is 0.328. The van der Waals surface area contributed by atoms with Gasteiger partial charge in [0.25, 0.3) is 0 Å². The minimum absolute atomic E-state index is 0.647. The van der Waals surface area contributed by atoms with Crippen molar-refractivity contribution in [2.45, 2.75) is 50.8 Å². The number of nitrogens with zero attached hydrogens (tertiary/aromatic N) is 2. The second-order valence-electron chi connectivity index (χ2n) is 8.29. The van der Waals surface area contributed by atoms with Crippen molar-refractivity contribution in [1.82, 2.24) is 15.8 Å². The van der Waals surface area contributed by atoms with Crippen molar-refractivity contribution in [2.75, 3.05) is 16.9 Å². The van der Waals surface area contributed by atoms with Crippen LogP contribution in [0.3, 0.4) is 0 Å². The Morgan fingerprint density at radius 1 is 1.03 bits per heavy atom. The summed E-state index contributed by atoms with van der Waals surface area (Å²) in [5.41, 5.74) is 9.22. The molecular weight excluding hydrogens is 392 g/mol. The number of anilines is 2. The maximum atomic E-state index is 4.40. The highest BCUT2D eigenvalue weighted by Gasteiger charge is 2.22. The molecule has 0 atom stereocenters. The molecule has 6 nitrogen and oxygen atoms in total. The van der Waals surface area contributed by atoms with Crippen LogP contribution in [0.4, 0.5) is 11.4 Å². The molecule has 0 spiro atoms. The first-order chi connectivity index (χ1) is 14.7. The molecular formula is C23H32N6S. The SMILES string of the molecule is CC(C)SNC1CCC(CNc2ccc(C3=NNNN3c3ccccc3)cc2)CC1. The lowest BCUT2D eigenvalue weighted by Crippen LogP contribution is -2.41. The number of hydrogen-bond donors (Lipinski definition) is 4. The first-order valence-electron chi connectivity index (χ1n) is 10.9. The van der Waals surface area contributed by atoms with Crippen LogP contribution in [-0.2, 0) is 0 Å². The van der Waals surface area contributed by atoms with E-state index in [0.717, 1.165) is 29.5 Å². The zero-order valence-electron chi connectivity index (χ0n) is 17.8. The number of hydrogen-bond acceptors (Lipinski definition) is 7. The molecule has 1 aliphatic carbocycles. The van der Waals surface area contributed by atoms with Gasteiger partial charge in [0.15, 0.2) is 5.84 Å². The molecule has 30 heavy (non-hydrogen) atoms. The lowest BCUT2D eigenvalue weighted by Gasteiger charge is -2.29. The molecule has 160 valence electrons. The summed E-state index contributed by atoms with van der Waals surface area (Å²) in [6.45, 7) is 5.53. The van der Waals surface area contributed by atoms with E-state index >= 15 is 0 Å². The van der Waals surface area contributed by atoms with Crippen molar-refractivity contribution in [3.05, 3.63) is 60.2 Å². The standard InChI is InChI=1S/C23H32N6S/c1-17(2)30-26-21-12-8-18(9-13-21)16-24-20-14-10-19(11-15-20)23-25-27-28-29(23)22-6-4-3-5-7-22/h3-7,10-11,14-15,17-18,21,24,26-28H,8-9,12-13,16H2,1-2H3. The molecule has 1 heterocycles. The van der Waals surface area contributed by atoms with Crippen LogP contribution in [0.25, 0.3) is 0 Å². The van der Waals surface area contributed by atoms with Gasteiger partial charge in [0.05, 0.1) is 5.69 Å². The third kappa shape index (κ3) is 5.47. The van der Waals surface area contributed by atoms with Crippen molar-refractivity contribution < 1.29 is 0 Å². The summed E-state index contributed by atoms with van der Waals surface area (Å²) in [7, 11) is 0. The zero-order valence-corrected chi connectivity index (χ0v) is 18.6. The third-order valence-electron chi connectivity index (χ3n) is 5.60. The van der Waals surface area contributed by atoms with Crippen molar-refractivity contribution in [3.8, 4) is 0 Å². The van der Waals surface area contributed by atoms with Gasteiger partial charge in [-0.3, -0.25) is 4.72 Å². The smallest absolute Gasteiger partial charge is 0.177 e. The van der Waals surface area contributed by atoms with Crippen LogP contribution in [0.15, 0.2) is 59.7 Å². The average molecular weight is 425 g/mol. The number of hydrazone groups is 1. The molecule has 4 rings (SSSR count). The predicted molar refractivity (Wildman–Crippen MR) is 128 cm³/mol. The average Bonchev–Trinajstić information content (AvgIpc) is 3.28. The molecule has 2 aromatic rings. The third-order valence-corrected chi connectivity index (χ3v) is 6.55. The first-order valence-corrected chi connectivity index (χ1v) is 11.8.